The molecule has 0 unspecified atom stereocenters. The van der Waals surface area contributed by atoms with E-state index in [4.69, 9.17) is 0 Å². The number of aromatic nitrogens is 3. The number of fused-ring (bicyclic) bond motifs is 1. The van der Waals surface area contributed by atoms with Gasteiger partial charge >= 0.3 is 0 Å². The number of aryl methyl sites for hydroxylation is 2. The van der Waals surface area contributed by atoms with Gasteiger partial charge in [0.05, 0.1) is 5.75 Å². The zero-order chi connectivity index (χ0) is 21.1. The average Bonchev–Trinajstić information content (AvgIpc) is 3.30. The van der Waals surface area contributed by atoms with Crippen LogP contribution in [-0.4, -0.2) is 26.4 Å². The van der Waals surface area contributed by atoms with Gasteiger partial charge in [0, 0.05) is 33.3 Å². The first-order valence-corrected chi connectivity index (χ1v) is 11.4. The molecule has 0 spiro atoms. The highest BCUT2D eigenvalue weighted by molar-refractivity contribution is 7.99. The van der Waals surface area contributed by atoms with Gasteiger partial charge in [0.15, 0.2) is 11.0 Å². The van der Waals surface area contributed by atoms with Crippen molar-refractivity contribution < 1.29 is 4.79 Å². The summed E-state index contributed by atoms with van der Waals surface area (Å²) in [6, 6.07) is 14.3. The first kappa shape index (κ1) is 20.4. The first-order valence-electron chi connectivity index (χ1n) is 9.57. The molecule has 0 aliphatic carbocycles. The molecule has 0 fully saturated rings. The molecule has 1 amide bonds. The molecule has 5 nitrogen and oxygen atoms in total. The molecule has 1 N–H and O–H groups in total. The summed E-state index contributed by atoms with van der Waals surface area (Å²) in [4.78, 5) is 12.5. The van der Waals surface area contributed by atoms with Crippen molar-refractivity contribution in [2.45, 2.75) is 25.5 Å². The van der Waals surface area contributed by atoms with E-state index < -0.39 is 0 Å². The lowest BCUT2D eigenvalue weighted by molar-refractivity contribution is -0.113. The van der Waals surface area contributed by atoms with E-state index in [-0.39, 0.29) is 11.7 Å². The summed E-state index contributed by atoms with van der Waals surface area (Å²) < 4.78 is 3.22. The van der Waals surface area contributed by atoms with Crippen molar-refractivity contribution in [1.29, 1.82) is 0 Å². The first-order chi connectivity index (χ1) is 14.5. The molecule has 30 heavy (non-hydrogen) atoms. The van der Waals surface area contributed by atoms with Gasteiger partial charge in [0.2, 0.25) is 5.91 Å². The molecule has 0 saturated carbocycles. The summed E-state index contributed by atoms with van der Waals surface area (Å²) in [5.41, 5.74) is 4.11. The van der Waals surface area contributed by atoms with Crippen LogP contribution < -0.4 is 5.32 Å². The van der Waals surface area contributed by atoms with Gasteiger partial charge < -0.3 is 5.32 Å². The number of amides is 1. The van der Waals surface area contributed by atoms with E-state index in [0.29, 0.717) is 11.7 Å². The molecule has 0 aliphatic heterocycles. The number of anilines is 1. The summed E-state index contributed by atoms with van der Waals surface area (Å²) in [6.07, 6.45) is 1.82. The molecule has 152 valence electrons. The second kappa shape index (κ2) is 8.85. The van der Waals surface area contributed by atoms with Crippen LogP contribution in [0.5, 0.6) is 0 Å². The zero-order valence-electron chi connectivity index (χ0n) is 16.9. The van der Waals surface area contributed by atoms with Crippen LogP contribution in [0.3, 0.4) is 0 Å². The fourth-order valence-electron chi connectivity index (χ4n) is 3.41. The lowest BCUT2D eigenvalue weighted by Crippen LogP contribution is -2.15. The van der Waals surface area contributed by atoms with E-state index in [1.54, 1.807) is 11.3 Å². The Labute approximate surface area is 183 Å². The van der Waals surface area contributed by atoms with E-state index in [1.807, 2.05) is 48.8 Å². The number of nitrogens with one attached hydrogen (secondary N) is 1. The molecule has 0 saturated heterocycles. The molecule has 2 heterocycles. The summed E-state index contributed by atoms with van der Waals surface area (Å²) in [5.74, 6) is 0.984. The molecular formula is C23H22N4OS2. The van der Waals surface area contributed by atoms with Crippen molar-refractivity contribution in [2.24, 2.45) is 0 Å². The maximum absolute atomic E-state index is 12.5. The van der Waals surface area contributed by atoms with Crippen LogP contribution in [0.2, 0.25) is 0 Å². The minimum absolute atomic E-state index is 0.0688. The molecular weight excluding hydrogens is 412 g/mol. The number of thiophene rings is 1. The number of benzene rings is 2. The minimum Gasteiger partial charge on any atom is -0.325 e. The topological polar surface area (TPSA) is 59.8 Å². The van der Waals surface area contributed by atoms with Crippen molar-refractivity contribution in [3.05, 3.63) is 71.6 Å². The number of carbonyl (C=O) groups is 1. The quantitative estimate of drug-likeness (QED) is 0.300. The molecule has 7 heteroatoms. The van der Waals surface area contributed by atoms with Crippen molar-refractivity contribution in [3.63, 3.8) is 0 Å². The number of thioether (sulfide) groups is 1. The highest BCUT2D eigenvalue weighted by atomic mass is 32.2. The van der Waals surface area contributed by atoms with Gasteiger partial charge in [-0.3, -0.25) is 9.36 Å². The fraction of sp³-hybridized carbons (Fsp3) is 0.174. The Hall–Kier alpha value is -2.90. The van der Waals surface area contributed by atoms with Gasteiger partial charge in [-0.1, -0.05) is 42.1 Å². The largest absolute Gasteiger partial charge is 0.325 e. The highest BCUT2D eigenvalue weighted by Gasteiger charge is 2.17. The maximum atomic E-state index is 12.5. The monoisotopic (exact) mass is 434 g/mol. The predicted octanol–water partition coefficient (Wildman–Crippen LogP) is 5.69. The van der Waals surface area contributed by atoms with E-state index in [2.05, 4.69) is 45.7 Å². The van der Waals surface area contributed by atoms with Crippen LogP contribution in [0.15, 0.2) is 65.7 Å². The van der Waals surface area contributed by atoms with Crippen LogP contribution in [0.25, 0.3) is 21.5 Å². The zero-order valence-corrected chi connectivity index (χ0v) is 18.5. The normalized spacial score (nSPS) is 11.0. The number of hydrogen-bond acceptors (Lipinski definition) is 5. The number of hydrogen-bond donors (Lipinski definition) is 1. The predicted molar refractivity (Wildman–Crippen MR) is 126 cm³/mol. The Balaban J connectivity index is 1.53. The van der Waals surface area contributed by atoms with E-state index in [9.17, 15) is 4.79 Å². The number of allylic oxidation sites excluding steroid dienone is 1. The third kappa shape index (κ3) is 4.32. The third-order valence-electron chi connectivity index (χ3n) is 4.59. The molecule has 0 radical (unpaired) electrons. The van der Waals surface area contributed by atoms with Gasteiger partial charge in [-0.2, -0.15) is 0 Å². The highest BCUT2D eigenvalue weighted by Crippen LogP contribution is 2.34. The van der Waals surface area contributed by atoms with E-state index >= 15 is 0 Å². The third-order valence-corrected chi connectivity index (χ3v) is 6.52. The Kier molecular flexibility index (Phi) is 6.01. The molecule has 0 aliphatic rings. The standard InChI is InChI=1S/C23H22N4OS2/c1-4-9-27-22(19-13-29-20-8-6-5-7-18(19)20)25-26-23(27)30-14-21(28)24-17-11-15(2)10-16(3)12-17/h4-8,10-13H,1,9,14H2,2-3H3,(H,24,28). The number of rotatable bonds is 7. The molecule has 0 bridgehead atoms. The van der Waals surface area contributed by atoms with Gasteiger partial charge in [-0.05, 0) is 43.2 Å². The van der Waals surface area contributed by atoms with Crippen LogP contribution in [-0.2, 0) is 11.3 Å². The molecule has 4 rings (SSSR count). The van der Waals surface area contributed by atoms with Crippen LogP contribution in [0.1, 0.15) is 11.1 Å². The Bertz CT molecular complexity index is 1200. The average molecular weight is 435 g/mol. The van der Waals surface area contributed by atoms with Crippen LogP contribution in [0, 0.1) is 13.8 Å². The van der Waals surface area contributed by atoms with Gasteiger partial charge in [0.1, 0.15) is 0 Å². The summed E-state index contributed by atoms with van der Waals surface area (Å²) >= 11 is 3.07. The van der Waals surface area contributed by atoms with Crippen LogP contribution in [0.4, 0.5) is 5.69 Å². The van der Waals surface area contributed by atoms with E-state index in [1.165, 1.54) is 16.5 Å². The number of carbonyl (C=O) groups excluding carboxylic acids is 1. The van der Waals surface area contributed by atoms with Gasteiger partial charge in [-0.25, -0.2) is 0 Å². The Morgan fingerprint density at radius 2 is 1.97 bits per heavy atom. The van der Waals surface area contributed by atoms with Gasteiger partial charge in [0.25, 0.3) is 0 Å². The van der Waals surface area contributed by atoms with Crippen LogP contribution >= 0.6 is 23.1 Å². The minimum atomic E-state index is -0.0688. The molecule has 4 aromatic rings. The lowest BCUT2D eigenvalue weighted by atomic mass is 10.1. The second-order valence-electron chi connectivity index (χ2n) is 7.06. The summed E-state index contributed by atoms with van der Waals surface area (Å²) in [7, 11) is 0. The van der Waals surface area contributed by atoms with Crippen molar-refractivity contribution in [3.8, 4) is 11.4 Å². The van der Waals surface area contributed by atoms with Crippen molar-refractivity contribution in [1.82, 2.24) is 14.8 Å². The molecule has 2 aromatic heterocycles. The number of nitrogens with zero attached hydrogens (tertiary/aromatic N) is 3. The van der Waals surface area contributed by atoms with Gasteiger partial charge in [-0.15, -0.1) is 28.1 Å². The van der Waals surface area contributed by atoms with E-state index in [0.717, 1.165) is 33.6 Å². The molecule has 2 aromatic carbocycles. The van der Waals surface area contributed by atoms with Crippen molar-refractivity contribution in [2.75, 3.05) is 11.1 Å². The Morgan fingerprint density at radius 3 is 2.73 bits per heavy atom. The molecule has 0 atom stereocenters. The smallest absolute Gasteiger partial charge is 0.234 e. The SMILES string of the molecule is C=CCn1c(SCC(=O)Nc2cc(C)cc(C)c2)nnc1-c1csc2ccccc12. The summed E-state index contributed by atoms with van der Waals surface area (Å²) in [5, 5.41) is 15.7. The lowest BCUT2D eigenvalue weighted by Gasteiger charge is -2.09. The van der Waals surface area contributed by atoms with Crippen molar-refractivity contribution >= 4 is 44.8 Å². The Morgan fingerprint density at radius 1 is 1.20 bits per heavy atom. The fourth-order valence-corrected chi connectivity index (χ4v) is 5.10. The maximum Gasteiger partial charge on any atom is 0.234 e. The second-order valence-corrected chi connectivity index (χ2v) is 8.92. The summed E-state index contributed by atoms with van der Waals surface area (Å²) in [6.45, 7) is 8.48.